The van der Waals surface area contributed by atoms with Gasteiger partial charge in [0, 0.05) is 30.7 Å². The van der Waals surface area contributed by atoms with Gasteiger partial charge in [-0.15, -0.1) is 0 Å². The van der Waals surface area contributed by atoms with Gasteiger partial charge in [0.15, 0.2) is 17.4 Å². The van der Waals surface area contributed by atoms with Crippen LogP contribution in [0, 0.1) is 5.82 Å². The molecule has 0 atom stereocenters. The average molecular weight is 399 g/mol. The SMILES string of the molecule is Fc1ccc(Oc2cc(Oc3cccnc3)cc3[nH]c(-c4ncccn4)nc23)cc1. The zero-order valence-electron chi connectivity index (χ0n) is 15.5. The summed E-state index contributed by atoms with van der Waals surface area (Å²) in [6.45, 7) is 0. The minimum atomic E-state index is -0.343. The molecule has 3 heterocycles. The van der Waals surface area contributed by atoms with Crippen molar-refractivity contribution in [3.8, 4) is 34.6 Å². The zero-order chi connectivity index (χ0) is 20.3. The minimum Gasteiger partial charge on any atom is -0.456 e. The fourth-order valence-corrected chi connectivity index (χ4v) is 2.90. The van der Waals surface area contributed by atoms with E-state index in [9.17, 15) is 4.39 Å². The lowest BCUT2D eigenvalue weighted by molar-refractivity contribution is 0.462. The lowest BCUT2D eigenvalue weighted by Gasteiger charge is -2.10. The predicted octanol–water partition coefficient (Wildman–Crippen LogP) is 5.14. The molecule has 0 radical (unpaired) electrons. The number of benzene rings is 2. The highest BCUT2D eigenvalue weighted by molar-refractivity contribution is 5.86. The van der Waals surface area contributed by atoms with E-state index in [1.165, 1.54) is 12.1 Å². The monoisotopic (exact) mass is 399 g/mol. The largest absolute Gasteiger partial charge is 0.456 e. The summed E-state index contributed by atoms with van der Waals surface area (Å²) < 4.78 is 25.2. The number of nitrogens with one attached hydrogen (secondary N) is 1. The van der Waals surface area contributed by atoms with Crippen LogP contribution < -0.4 is 9.47 Å². The molecule has 8 heteroatoms. The van der Waals surface area contributed by atoms with Crippen LogP contribution in [0.3, 0.4) is 0 Å². The Morgan fingerprint density at radius 1 is 0.800 bits per heavy atom. The summed E-state index contributed by atoms with van der Waals surface area (Å²) in [5.74, 6) is 2.62. The molecule has 7 nitrogen and oxygen atoms in total. The van der Waals surface area contributed by atoms with Crippen LogP contribution in [-0.4, -0.2) is 24.9 Å². The maximum absolute atomic E-state index is 13.3. The van der Waals surface area contributed by atoms with Crippen LogP contribution in [-0.2, 0) is 0 Å². The molecule has 0 unspecified atom stereocenters. The number of nitrogens with zero attached hydrogens (tertiary/aromatic N) is 4. The maximum Gasteiger partial charge on any atom is 0.195 e. The number of fused-ring (bicyclic) bond motifs is 1. The Kier molecular flexibility index (Phi) is 4.49. The lowest BCUT2D eigenvalue weighted by atomic mass is 10.2. The van der Waals surface area contributed by atoms with Crippen molar-refractivity contribution in [2.24, 2.45) is 0 Å². The van der Waals surface area contributed by atoms with E-state index in [-0.39, 0.29) is 5.82 Å². The van der Waals surface area contributed by atoms with E-state index >= 15 is 0 Å². The van der Waals surface area contributed by atoms with Gasteiger partial charge in [-0.05, 0) is 42.5 Å². The van der Waals surface area contributed by atoms with Gasteiger partial charge in [-0.2, -0.15) is 0 Å². The normalized spacial score (nSPS) is 10.8. The highest BCUT2D eigenvalue weighted by atomic mass is 19.1. The smallest absolute Gasteiger partial charge is 0.195 e. The first-order chi connectivity index (χ1) is 14.7. The zero-order valence-corrected chi connectivity index (χ0v) is 15.5. The molecule has 5 aromatic rings. The van der Waals surface area contributed by atoms with Gasteiger partial charge in [0.1, 0.15) is 28.6 Å². The number of aromatic amines is 1. The van der Waals surface area contributed by atoms with E-state index < -0.39 is 0 Å². The third kappa shape index (κ3) is 3.66. The second kappa shape index (κ2) is 7.59. The molecule has 0 aliphatic heterocycles. The molecule has 3 aromatic heterocycles. The Balaban J connectivity index is 1.60. The highest BCUT2D eigenvalue weighted by Gasteiger charge is 2.15. The average Bonchev–Trinajstić information content (AvgIpc) is 3.21. The third-order valence-electron chi connectivity index (χ3n) is 4.21. The Bertz CT molecular complexity index is 1290. The molecule has 30 heavy (non-hydrogen) atoms. The van der Waals surface area contributed by atoms with E-state index in [0.717, 1.165) is 0 Å². The van der Waals surface area contributed by atoms with E-state index in [2.05, 4.69) is 24.9 Å². The number of hydrogen-bond acceptors (Lipinski definition) is 6. The van der Waals surface area contributed by atoms with E-state index in [0.29, 0.717) is 45.7 Å². The third-order valence-corrected chi connectivity index (χ3v) is 4.21. The van der Waals surface area contributed by atoms with Crippen LogP contribution in [0.2, 0.25) is 0 Å². The first kappa shape index (κ1) is 17.7. The minimum absolute atomic E-state index is 0.343. The molecule has 0 amide bonds. The van der Waals surface area contributed by atoms with Crippen LogP contribution in [0.1, 0.15) is 0 Å². The Morgan fingerprint density at radius 3 is 2.40 bits per heavy atom. The molecule has 0 fully saturated rings. The van der Waals surface area contributed by atoms with Crippen LogP contribution in [0.25, 0.3) is 22.7 Å². The Hall–Kier alpha value is -4.33. The molecule has 0 saturated carbocycles. The van der Waals surface area contributed by atoms with E-state index in [4.69, 9.17) is 9.47 Å². The summed E-state index contributed by atoms with van der Waals surface area (Å²) in [7, 11) is 0. The van der Waals surface area contributed by atoms with Gasteiger partial charge < -0.3 is 14.5 Å². The molecule has 1 N–H and O–H groups in total. The maximum atomic E-state index is 13.3. The molecular formula is C22H14FN5O2. The number of ether oxygens (including phenoxy) is 2. The van der Waals surface area contributed by atoms with Crippen molar-refractivity contribution in [2.75, 3.05) is 0 Å². The van der Waals surface area contributed by atoms with E-state index in [1.807, 2.05) is 0 Å². The van der Waals surface area contributed by atoms with Crippen molar-refractivity contribution in [1.82, 2.24) is 24.9 Å². The number of halogens is 1. The van der Waals surface area contributed by atoms with Crippen LogP contribution in [0.4, 0.5) is 4.39 Å². The van der Waals surface area contributed by atoms with Crippen molar-refractivity contribution in [1.29, 1.82) is 0 Å². The standard InChI is InChI=1S/C22H14FN5O2/c23-14-4-6-15(7-5-14)30-19-12-17(29-16-3-1-8-24-13-16)11-18-20(19)28-22(27-18)21-25-9-2-10-26-21/h1-13H,(H,27,28). The summed E-state index contributed by atoms with van der Waals surface area (Å²) in [5.41, 5.74) is 1.25. The molecule has 2 aromatic carbocycles. The summed E-state index contributed by atoms with van der Waals surface area (Å²) in [6.07, 6.45) is 6.56. The van der Waals surface area contributed by atoms with E-state index in [1.54, 1.807) is 67.3 Å². The Labute approximate surface area is 170 Å². The molecule has 146 valence electrons. The van der Waals surface area contributed by atoms with Crippen molar-refractivity contribution in [3.63, 3.8) is 0 Å². The number of hydrogen-bond donors (Lipinski definition) is 1. The van der Waals surface area contributed by atoms with Crippen molar-refractivity contribution < 1.29 is 13.9 Å². The summed E-state index contributed by atoms with van der Waals surface area (Å²) >= 11 is 0. The molecular weight excluding hydrogens is 385 g/mol. The second-order valence-electron chi connectivity index (χ2n) is 6.32. The number of imidazole rings is 1. The molecule has 0 bridgehead atoms. The topological polar surface area (TPSA) is 85.8 Å². The van der Waals surface area contributed by atoms with Gasteiger partial charge in [-0.1, -0.05) is 0 Å². The van der Waals surface area contributed by atoms with Gasteiger partial charge in [-0.25, -0.2) is 19.3 Å². The first-order valence-corrected chi connectivity index (χ1v) is 9.07. The second-order valence-corrected chi connectivity index (χ2v) is 6.32. The predicted molar refractivity (Wildman–Crippen MR) is 108 cm³/mol. The quantitative estimate of drug-likeness (QED) is 0.440. The van der Waals surface area contributed by atoms with Crippen LogP contribution >= 0.6 is 0 Å². The van der Waals surface area contributed by atoms with Gasteiger partial charge in [0.05, 0.1) is 11.7 Å². The fraction of sp³-hybridized carbons (Fsp3) is 0. The number of pyridine rings is 1. The summed E-state index contributed by atoms with van der Waals surface area (Å²) in [4.78, 5) is 20.3. The number of rotatable bonds is 5. The fourth-order valence-electron chi connectivity index (χ4n) is 2.90. The van der Waals surface area contributed by atoms with Crippen molar-refractivity contribution in [3.05, 3.63) is 85.2 Å². The van der Waals surface area contributed by atoms with Gasteiger partial charge in [0.2, 0.25) is 0 Å². The van der Waals surface area contributed by atoms with Crippen molar-refractivity contribution in [2.45, 2.75) is 0 Å². The molecule has 0 saturated heterocycles. The highest BCUT2D eigenvalue weighted by Crippen LogP contribution is 2.36. The van der Waals surface area contributed by atoms with Gasteiger partial charge >= 0.3 is 0 Å². The lowest BCUT2D eigenvalue weighted by Crippen LogP contribution is -1.90. The summed E-state index contributed by atoms with van der Waals surface area (Å²) in [5, 5.41) is 0. The van der Waals surface area contributed by atoms with Crippen molar-refractivity contribution >= 4 is 11.0 Å². The Morgan fingerprint density at radius 2 is 1.63 bits per heavy atom. The number of H-pyrrole nitrogens is 1. The van der Waals surface area contributed by atoms with Gasteiger partial charge in [-0.3, -0.25) is 4.98 Å². The first-order valence-electron chi connectivity index (χ1n) is 9.07. The summed E-state index contributed by atoms with van der Waals surface area (Å²) in [6, 6.07) is 14.6. The molecule has 5 rings (SSSR count). The van der Waals surface area contributed by atoms with Crippen LogP contribution in [0.5, 0.6) is 23.0 Å². The van der Waals surface area contributed by atoms with Gasteiger partial charge in [0.25, 0.3) is 0 Å². The van der Waals surface area contributed by atoms with Crippen LogP contribution in [0.15, 0.2) is 79.4 Å². The molecule has 0 aliphatic rings. The molecule has 0 spiro atoms. The molecule has 0 aliphatic carbocycles. The number of aromatic nitrogens is 5.